The molecule has 2 aliphatic heterocycles. The van der Waals surface area contributed by atoms with Crippen LogP contribution in [0.5, 0.6) is 5.75 Å². The molecule has 1 saturated heterocycles. The van der Waals surface area contributed by atoms with Crippen molar-refractivity contribution < 1.29 is 19.0 Å². The van der Waals surface area contributed by atoms with Crippen molar-refractivity contribution in [3.8, 4) is 5.75 Å². The van der Waals surface area contributed by atoms with Crippen molar-refractivity contribution in [1.29, 1.82) is 0 Å². The molecule has 1 aromatic carbocycles. The van der Waals surface area contributed by atoms with Crippen molar-refractivity contribution in [1.82, 2.24) is 4.57 Å². The van der Waals surface area contributed by atoms with Gasteiger partial charge in [-0.15, -0.1) is 0 Å². The number of rotatable bonds is 2. The van der Waals surface area contributed by atoms with Crippen LogP contribution in [-0.4, -0.2) is 40.9 Å². The van der Waals surface area contributed by atoms with Crippen LogP contribution in [0.25, 0.3) is 10.9 Å². The van der Waals surface area contributed by atoms with Gasteiger partial charge in [0.1, 0.15) is 17.9 Å². The van der Waals surface area contributed by atoms with Crippen LogP contribution in [0.1, 0.15) is 30.2 Å². The fraction of sp³-hybridized carbons (Fsp3) is 0.412. The summed E-state index contributed by atoms with van der Waals surface area (Å²) in [6, 6.07) is 0.825. The lowest BCUT2D eigenvalue weighted by atomic mass is 9.96. The Morgan fingerprint density at radius 2 is 2.16 bits per heavy atom. The molecular weight excluding hydrogens is 329 g/mol. The minimum Gasteiger partial charge on any atom is -0.487 e. The normalized spacial score (nSPS) is 24.8. The molecular formula is C17H18FN3O4. The molecule has 3 N–H and O–H groups in total. The Bertz CT molecular complexity index is 971. The number of hydrogen-bond acceptors (Lipinski definition) is 5. The first-order valence-electron chi connectivity index (χ1n) is 8.11. The Hall–Kier alpha value is -2.61. The van der Waals surface area contributed by atoms with E-state index in [0.29, 0.717) is 12.1 Å². The van der Waals surface area contributed by atoms with Crippen LogP contribution in [0.2, 0.25) is 0 Å². The van der Waals surface area contributed by atoms with Gasteiger partial charge in [0.15, 0.2) is 11.6 Å². The summed E-state index contributed by atoms with van der Waals surface area (Å²) in [5.74, 6) is -1.66. The summed E-state index contributed by atoms with van der Waals surface area (Å²) in [4.78, 5) is 25.7. The Kier molecular flexibility index (Phi) is 3.30. The first-order valence-corrected chi connectivity index (χ1v) is 8.11. The maximum absolute atomic E-state index is 14.8. The van der Waals surface area contributed by atoms with Gasteiger partial charge in [0.25, 0.3) is 0 Å². The molecule has 0 bridgehead atoms. The predicted octanol–water partition coefficient (Wildman–Crippen LogP) is 1.33. The molecule has 0 amide bonds. The maximum Gasteiger partial charge on any atom is 0.341 e. The molecule has 0 unspecified atom stereocenters. The number of carboxylic acid groups (broad SMARTS) is 1. The van der Waals surface area contributed by atoms with Crippen LogP contribution in [0.4, 0.5) is 10.1 Å². The Balaban J connectivity index is 2.07. The minimum absolute atomic E-state index is 0.0141. The van der Waals surface area contributed by atoms with Gasteiger partial charge in [-0.2, -0.15) is 0 Å². The number of aromatic nitrogens is 1. The molecule has 1 aromatic heterocycles. The van der Waals surface area contributed by atoms with Gasteiger partial charge in [-0.25, -0.2) is 9.18 Å². The molecule has 0 saturated carbocycles. The van der Waals surface area contributed by atoms with E-state index in [2.05, 4.69) is 0 Å². The van der Waals surface area contributed by atoms with E-state index in [1.54, 1.807) is 4.57 Å². The second-order valence-electron chi connectivity index (χ2n) is 6.73. The summed E-state index contributed by atoms with van der Waals surface area (Å²) >= 11 is 0. The van der Waals surface area contributed by atoms with Gasteiger partial charge in [-0.3, -0.25) is 4.79 Å². The summed E-state index contributed by atoms with van der Waals surface area (Å²) in [7, 11) is 0. The lowest BCUT2D eigenvalue weighted by molar-refractivity contribution is 0.0694. The second kappa shape index (κ2) is 5.19. The lowest BCUT2D eigenvalue weighted by Gasteiger charge is -2.47. The number of pyridine rings is 1. The fourth-order valence-electron chi connectivity index (χ4n) is 3.57. The maximum atomic E-state index is 14.8. The highest BCUT2D eigenvalue weighted by Crippen LogP contribution is 2.44. The number of carbonyl (C=O) groups is 1. The average Bonchev–Trinajstić information content (AvgIpc) is 2.57. The van der Waals surface area contributed by atoms with Crippen LogP contribution >= 0.6 is 0 Å². The summed E-state index contributed by atoms with van der Waals surface area (Å²) in [6.45, 7) is 4.50. The van der Waals surface area contributed by atoms with Gasteiger partial charge in [0, 0.05) is 24.8 Å². The van der Waals surface area contributed by atoms with Crippen molar-refractivity contribution in [2.24, 2.45) is 5.73 Å². The number of halogens is 1. The molecule has 8 heteroatoms. The molecule has 2 aromatic rings. The molecule has 132 valence electrons. The zero-order valence-electron chi connectivity index (χ0n) is 13.8. The number of hydrogen-bond donors (Lipinski definition) is 2. The van der Waals surface area contributed by atoms with E-state index in [9.17, 15) is 19.1 Å². The van der Waals surface area contributed by atoms with Crippen LogP contribution in [-0.2, 0) is 0 Å². The van der Waals surface area contributed by atoms with Gasteiger partial charge in [-0.05, 0) is 19.9 Å². The number of ether oxygens (including phenoxy) is 1. The molecule has 1 fully saturated rings. The molecule has 7 nitrogen and oxygen atoms in total. The number of nitrogens with zero attached hydrogens (tertiary/aromatic N) is 2. The Morgan fingerprint density at radius 3 is 2.76 bits per heavy atom. The SMILES string of the molecule is C[C@@H]1[C@@H](N)CN1c1c(F)cc2c(=O)c(C(=O)O)cn3c2c1OC[C@H]3C. The van der Waals surface area contributed by atoms with E-state index in [1.165, 1.54) is 6.20 Å². The van der Waals surface area contributed by atoms with Crippen LogP contribution in [0.15, 0.2) is 17.1 Å². The number of benzene rings is 1. The van der Waals surface area contributed by atoms with Gasteiger partial charge in [-0.1, -0.05) is 0 Å². The van der Waals surface area contributed by atoms with E-state index in [-0.39, 0.29) is 47.1 Å². The zero-order chi connectivity index (χ0) is 18.0. The summed E-state index contributed by atoms with van der Waals surface area (Å²) in [6.07, 6.45) is 1.32. The van der Waals surface area contributed by atoms with Gasteiger partial charge in [0.2, 0.25) is 5.43 Å². The standard InChI is InChI=1S/C17H18FN3O4/c1-7-6-25-16-13-9(15(22)10(17(23)24)4-20(7)13)3-11(18)14(16)21-5-12(19)8(21)2/h3-4,7-8,12H,5-6,19H2,1-2H3,(H,23,24)/t7-,8-,12+/m1/s1. The molecule has 25 heavy (non-hydrogen) atoms. The average molecular weight is 347 g/mol. The molecule has 0 spiro atoms. The van der Waals surface area contributed by atoms with Gasteiger partial charge >= 0.3 is 5.97 Å². The second-order valence-corrected chi connectivity index (χ2v) is 6.73. The van der Waals surface area contributed by atoms with Crippen LogP contribution < -0.4 is 20.8 Å². The number of aromatic carboxylic acids is 1. The first-order chi connectivity index (χ1) is 11.8. The molecule has 0 aliphatic carbocycles. The zero-order valence-corrected chi connectivity index (χ0v) is 13.8. The monoisotopic (exact) mass is 347 g/mol. The molecule has 3 atom stereocenters. The third-order valence-electron chi connectivity index (χ3n) is 5.18. The van der Waals surface area contributed by atoms with E-state index in [1.807, 2.05) is 18.7 Å². The van der Waals surface area contributed by atoms with E-state index in [4.69, 9.17) is 10.5 Å². The highest BCUT2D eigenvalue weighted by molar-refractivity contribution is 5.97. The Morgan fingerprint density at radius 1 is 1.44 bits per heavy atom. The van der Waals surface area contributed by atoms with Crippen molar-refractivity contribution in [2.75, 3.05) is 18.1 Å². The van der Waals surface area contributed by atoms with E-state index >= 15 is 0 Å². The molecule has 3 heterocycles. The topological polar surface area (TPSA) is 97.8 Å². The van der Waals surface area contributed by atoms with Crippen LogP contribution in [0, 0.1) is 5.82 Å². The molecule has 0 radical (unpaired) electrons. The van der Waals surface area contributed by atoms with E-state index in [0.717, 1.165) is 6.07 Å². The van der Waals surface area contributed by atoms with Gasteiger partial charge in [0.05, 0.1) is 16.9 Å². The fourth-order valence-corrected chi connectivity index (χ4v) is 3.57. The van der Waals surface area contributed by atoms with Crippen molar-refractivity contribution in [3.63, 3.8) is 0 Å². The largest absolute Gasteiger partial charge is 0.487 e. The lowest BCUT2D eigenvalue weighted by Crippen LogP contribution is -2.63. The highest BCUT2D eigenvalue weighted by atomic mass is 19.1. The minimum atomic E-state index is -1.33. The summed E-state index contributed by atoms with van der Waals surface area (Å²) < 4.78 is 22.3. The molecule has 2 aliphatic rings. The Labute approximate surface area is 142 Å². The quantitative estimate of drug-likeness (QED) is 0.850. The van der Waals surface area contributed by atoms with Crippen molar-refractivity contribution >= 4 is 22.6 Å². The molecule has 4 rings (SSSR count). The first kappa shape index (κ1) is 15.9. The van der Waals surface area contributed by atoms with Crippen LogP contribution in [0.3, 0.4) is 0 Å². The van der Waals surface area contributed by atoms with Crippen molar-refractivity contribution in [2.45, 2.75) is 32.0 Å². The smallest absolute Gasteiger partial charge is 0.341 e. The summed E-state index contributed by atoms with van der Waals surface area (Å²) in [5, 5.41) is 9.30. The van der Waals surface area contributed by atoms with E-state index < -0.39 is 17.2 Å². The third-order valence-corrected chi connectivity index (χ3v) is 5.18. The number of anilines is 1. The number of nitrogens with two attached hydrogens (primary N) is 1. The third kappa shape index (κ3) is 2.07. The van der Waals surface area contributed by atoms with Gasteiger partial charge < -0.3 is 25.0 Å². The number of carboxylic acids is 1. The van der Waals surface area contributed by atoms with Crippen molar-refractivity contribution in [3.05, 3.63) is 33.9 Å². The predicted molar refractivity (Wildman–Crippen MR) is 90.1 cm³/mol. The summed E-state index contributed by atoms with van der Waals surface area (Å²) in [5.41, 5.74) is 5.54. The highest BCUT2D eigenvalue weighted by Gasteiger charge is 2.38.